The summed E-state index contributed by atoms with van der Waals surface area (Å²) in [5.41, 5.74) is 0.696. The molecule has 0 spiro atoms. The number of carbonyl (C=O) groups is 3. The number of amides is 2. The van der Waals surface area contributed by atoms with Crippen LogP contribution in [-0.4, -0.2) is 61.7 Å². The standard InChI is InChI=1S/C11H12N4O6/c1-21-10(18)9-8-5(2-12-14(8)4-7(16)17)6-3-13(9)11(19)15(6)20/h2,6,9,20H,3-4H2,1H3,(H,16,17)/t6-,9?/m1/s1. The topological polar surface area (TPSA) is 125 Å². The van der Waals surface area contributed by atoms with Crippen LogP contribution in [0, 0.1) is 0 Å². The van der Waals surface area contributed by atoms with Gasteiger partial charge < -0.3 is 14.7 Å². The molecule has 2 aliphatic rings. The normalized spacial score (nSPS) is 23.2. The van der Waals surface area contributed by atoms with E-state index < -0.39 is 36.6 Å². The predicted octanol–water partition coefficient (Wildman–Crippen LogP) is -0.637. The van der Waals surface area contributed by atoms with Crippen LogP contribution in [0.3, 0.4) is 0 Å². The summed E-state index contributed by atoms with van der Waals surface area (Å²) in [5.74, 6) is -1.85. The van der Waals surface area contributed by atoms with Crippen LogP contribution in [0.15, 0.2) is 6.20 Å². The molecule has 0 aromatic carbocycles. The van der Waals surface area contributed by atoms with Crippen molar-refractivity contribution in [2.45, 2.75) is 18.6 Å². The van der Waals surface area contributed by atoms with Crippen LogP contribution < -0.4 is 0 Å². The number of carbonyl (C=O) groups excluding carboxylic acids is 2. The quantitative estimate of drug-likeness (QED) is 0.561. The van der Waals surface area contributed by atoms with Crippen LogP contribution >= 0.6 is 0 Å². The minimum Gasteiger partial charge on any atom is -0.480 e. The maximum absolute atomic E-state index is 12.0. The number of urea groups is 1. The molecule has 2 amide bonds. The molecule has 1 saturated heterocycles. The van der Waals surface area contributed by atoms with Crippen molar-refractivity contribution in [3.8, 4) is 0 Å². The average Bonchev–Trinajstić information content (AvgIpc) is 2.95. The Morgan fingerprint density at radius 3 is 2.86 bits per heavy atom. The summed E-state index contributed by atoms with van der Waals surface area (Å²) >= 11 is 0. The first-order chi connectivity index (χ1) is 9.95. The van der Waals surface area contributed by atoms with Crippen LogP contribution in [0.25, 0.3) is 0 Å². The lowest BCUT2D eigenvalue weighted by molar-refractivity contribution is -0.147. The van der Waals surface area contributed by atoms with Crippen molar-refractivity contribution < 1.29 is 29.4 Å². The fraction of sp³-hybridized carbons (Fsp3) is 0.455. The van der Waals surface area contributed by atoms with Gasteiger partial charge in [-0.05, 0) is 0 Å². The minimum atomic E-state index is -1.13. The first-order valence-electron chi connectivity index (χ1n) is 6.09. The number of hydroxylamine groups is 2. The molecule has 2 bridgehead atoms. The third-order valence-corrected chi connectivity index (χ3v) is 3.66. The summed E-state index contributed by atoms with van der Waals surface area (Å²) in [5, 5.41) is 23.2. The molecule has 0 aliphatic carbocycles. The van der Waals surface area contributed by atoms with E-state index >= 15 is 0 Å². The molecule has 21 heavy (non-hydrogen) atoms. The lowest BCUT2D eigenvalue weighted by atomic mass is 9.98. The van der Waals surface area contributed by atoms with E-state index in [0.29, 0.717) is 10.6 Å². The first-order valence-corrected chi connectivity index (χ1v) is 6.09. The molecule has 112 valence electrons. The molecule has 1 fully saturated rings. The van der Waals surface area contributed by atoms with Crippen molar-refractivity contribution in [1.82, 2.24) is 19.7 Å². The Hall–Kier alpha value is -2.62. The third kappa shape index (κ3) is 1.76. The van der Waals surface area contributed by atoms with Crippen LogP contribution in [0.4, 0.5) is 4.79 Å². The number of ether oxygens (including phenoxy) is 1. The number of fused-ring (bicyclic) bond motifs is 4. The van der Waals surface area contributed by atoms with Gasteiger partial charge in [0.05, 0.1) is 25.5 Å². The predicted molar refractivity (Wildman–Crippen MR) is 63.1 cm³/mol. The molecule has 10 heteroatoms. The van der Waals surface area contributed by atoms with E-state index in [2.05, 4.69) is 9.84 Å². The zero-order valence-electron chi connectivity index (χ0n) is 11.0. The number of carboxylic acid groups (broad SMARTS) is 1. The summed E-state index contributed by atoms with van der Waals surface area (Å²) in [7, 11) is 1.17. The highest BCUT2D eigenvalue weighted by atomic mass is 16.5. The number of hydrogen-bond acceptors (Lipinski definition) is 6. The molecule has 2 aliphatic heterocycles. The Morgan fingerprint density at radius 2 is 2.24 bits per heavy atom. The van der Waals surface area contributed by atoms with E-state index in [4.69, 9.17) is 5.11 Å². The monoisotopic (exact) mass is 296 g/mol. The summed E-state index contributed by atoms with van der Waals surface area (Å²) < 4.78 is 5.82. The smallest absolute Gasteiger partial charge is 0.345 e. The van der Waals surface area contributed by atoms with Gasteiger partial charge in [0, 0.05) is 5.56 Å². The number of aliphatic carboxylic acids is 1. The largest absolute Gasteiger partial charge is 0.480 e. The molecule has 1 aromatic heterocycles. The van der Waals surface area contributed by atoms with Crippen molar-refractivity contribution in [2.24, 2.45) is 0 Å². The van der Waals surface area contributed by atoms with Gasteiger partial charge in [-0.3, -0.25) is 14.7 Å². The number of carboxylic acids is 1. The average molecular weight is 296 g/mol. The second-order valence-corrected chi connectivity index (χ2v) is 4.76. The van der Waals surface area contributed by atoms with E-state index in [9.17, 15) is 19.6 Å². The fourth-order valence-electron chi connectivity index (χ4n) is 2.77. The second kappa shape index (κ2) is 4.45. The Morgan fingerprint density at radius 1 is 1.52 bits per heavy atom. The van der Waals surface area contributed by atoms with Gasteiger partial charge in [0.25, 0.3) is 0 Å². The molecule has 3 rings (SSSR count). The van der Waals surface area contributed by atoms with E-state index in [1.165, 1.54) is 13.3 Å². The number of esters is 1. The molecule has 1 unspecified atom stereocenters. The SMILES string of the molecule is COC(=O)C1c2c(cnn2CC(=O)O)[C@H]2CN1C(=O)N2O. The van der Waals surface area contributed by atoms with Gasteiger partial charge in [0.2, 0.25) is 0 Å². The van der Waals surface area contributed by atoms with Crippen molar-refractivity contribution >= 4 is 18.0 Å². The highest BCUT2D eigenvalue weighted by molar-refractivity contribution is 5.87. The molecule has 3 heterocycles. The molecular weight excluding hydrogens is 284 g/mol. The van der Waals surface area contributed by atoms with Crippen molar-refractivity contribution in [3.05, 3.63) is 17.5 Å². The van der Waals surface area contributed by atoms with Gasteiger partial charge in [0.15, 0.2) is 6.04 Å². The molecule has 1 aromatic rings. The zero-order valence-corrected chi connectivity index (χ0v) is 11.0. The number of methoxy groups -OCH3 is 1. The molecule has 10 nitrogen and oxygen atoms in total. The highest BCUT2D eigenvalue weighted by Crippen LogP contribution is 2.43. The first kappa shape index (κ1) is 13.4. The molecule has 2 atom stereocenters. The van der Waals surface area contributed by atoms with Gasteiger partial charge in [-0.2, -0.15) is 10.2 Å². The Labute approximate surface area is 118 Å². The molecule has 0 radical (unpaired) electrons. The zero-order chi connectivity index (χ0) is 15.3. The molecule has 2 N–H and O–H groups in total. The van der Waals surface area contributed by atoms with Crippen molar-refractivity contribution in [2.75, 3.05) is 13.7 Å². The van der Waals surface area contributed by atoms with Gasteiger partial charge in [-0.1, -0.05) is 0 Å². The lowest BCUT2D eigenvalue weighted by Gasteiger charge is -2.29. The molecular formula is C11H12N4O6. The number of rotatable bonds is 3. The Bertz CT molecular complexity index is 641. The lowest BCUT2D eigenvalue weighted by Crippen LogP contribution is -2.40. The summed E-state index contributed by atoms with van der Waals surface area (Å²) in [6.45, 7) is -0.343. The van der Waals surface area contributed by atoms with Crippen LogP contribution in [0.2, 0.25) is 0 Å². The second-order valence-electron chi connectivity index (χ2n) is 4.76. The van der Waals surface area contributed by atoms with Gasteiger partial charge in [-0.15, -0.1) is 0 Å². The van der Waals surface area contributed by atoms with Crippen molar-refractivity contribution in [1.29, 1.82) is 0 Å². The van der Waals surface area contributed by atoms with Crippen molar-refractivity contribution in [3.63, 3.8) is 0 Å². The van der Waals surface area contributed by atoms with Gasteiger partial charge in [0.1, 0.15) is 12.6 Å². The third-order valence-electron chi connectivity index (χ3n) is 3.66. The van der Waals surface area contributed by atoms with Crippen LogP contribution in [0.5, 0.6) is 0 Å². The Kier molecular flexibility index (Phi) is 2.83. The number of hydrogen-bond donors (Lipinski definition) is 2. The number of aromatic nitrogens is 2. The summed E-state index contributed by atoms with van der Waals surface area (Å²) in [6, 6.07) is -2.52. The van der Waals surface area contributed by atoms with E-state index in [1.54, 1.807) is 0 Å². The van der Waals surface area contributed by atoms with E-state index in [1.807, 2.05) is 0 Å². The maximum atomic E-state index is 12.0. The van der Waals surface area contributed by atoms with Crippen LogP contribution in [0.1, 0.15) is 23.3 Å². The minimum absolute atomic E-state index is 0.112. The van der Waals surface area contributed by atoms with Crippen LogP contribution in [-0.2, 0) is 20.9 Å². The summed E-state index contributed by atoms with van der Waals surface area (Å²) in [6.07, 6.45) is 1.36. The fourth-order valence-corrected chi connectivity index (χ4v) is 2.77. The summed E-state index contributed by atoms with van der Waals surface area (Å²) in [4.78, 5) is 36.0. The maximum Gasteiger partial charge on any atom is 0.345 e. The molecule has 0 saturated carbocycles. The van der Waals surface area contributed by atoms with E-state index in [-0.39, 0.29) is 12.2 Å². The van der Waals surface area contributed by atoms with Gasteiger partial charge >= 0.3 is 18.0 Å². The highest BCUT2D eigenvalue weighted by Gasteiger charge is 2.52. The number of nitrogens with zero attached hydrogens (tertiary/aromatic N) is 4. The Balaban J connectivity index is 2.14. The van der Waals surface area contributed by atoms with E-state index in [0.717, 1.165) is 9.58 Å². The van der Waals surface area contributed by atoms with Gasteiger partial charge in [-0.25, -0.2) is 9.59 Å².